The number of amides is 2. The summed E-state index contributed by atoms with van der Waals surface area (Å²) in [6, 6.07) is 2.84. The fraction of sp³-hybridized carbons (Fsp3) is 0.333. The van der Waals surface area contributed by atoms with Gasteiger partial charge in [0.05, 0.1) is 5.92 Å². The maximum absolute atomic E-state index is 12.0. The van der Waals surface area contributed by atoms with Gasteiger partial charge in [-0.3, -0.25) is 9.59 Å². The fourth-order valence-corrected chi connectivity index (χ4v) is 1.94. The molecular weight excluding hydrogens is 250 g/mol. The Morgan fingerprint density at radius 3 is 2.84 bits per heavy atom. The Hall–Kier alpha value is -2.44. The highest BCUT2D eigenvalue weighted by atomic mass is 16.4. The molecule has 1 unspecified atom stereocenters. The number of anilines is 1. The predicted octanol–water partition coefficient (Wildman–Crippen LogP) is 0.197. The molecule has 0 aromatic carbocycles. The summed E-state index contributed by atoms with van der Waals surface area (Å²) in [5.41, 5.74) is -0.0754. The minimum atomic E-state index is -1.16. The van der Waals surface area contributed by atoms with Crippen LogP contribution in [-0.2, 0) is 9.59 Å². The van der Waals surface area contributed by atoms with Gasteiger partial charge in [0.1, 0.15) is 11.4 Å². The third-order valence-electron chi connectivity index (χ3n) is 2.99. The summed E-state index contributed by atoms with van der Waals surface area (Å²) < 4.78 is 0. The van der Waals surface area contributed by atoms with E-state index < -0.39 is 11.9 Å². The van der Waals surface area contributed by atoms with E-state index in [1.165, 1.54) is 23.2 Å². The van der Waals surface area contributed by atoms with Crippen LogP contribution < -0.4 is 5.32 Å². The summed E-state index contributed by atoms with van der Waals surface area (Å²) in [5.74, 6) is -2.12. The van der Waals surface area contributed by atoms with Crippen LogP contribution >= 0.6 is 0 Å². The van der Waals surface area contributed by atoms with Crippen molar-refractivity contribution in [2.45, 2.75) is 6.42 Å². The topological polar surface area (TPSA) is 99.6 Å². The number of carboxylic acid groups (broad SMARTS) is 1. The van der Waals surface area contributed by atoms with Crippen LogP contribution in [0.25, 0.3) is 0 Å². The Balaban J connectivity index is 2.12. The van der Waals surface area contributed by atoms with E-state index in [1.54, 1.807) is 7.05 Å². The summed E-state index contributed by atoms with van der Waals surface area (Å²) in [6.45, 7) is 0.333. The van der Waals surface area contributed by atoms with Gasteiger partial charge in [-0.25, -0.2) is 9.78 Å². The van der Waals surface area contributed by atoms with Crippen LogP contribution in [0.15, 0.2) is 18.3 Å². The molecule has 1 atom stereocenters. The number of likely N-dealkylation sites (tertiary alicyclic amines) is 1. The fourth-order valence-electron chi connectivity index (χ4n) is 1.94. The third-order valence-corrected chi connectivity index (χ3v) is 2.99. The number of hydrogen-bond acceptors (Lipinski definition) is 4. The zero-order valence-corrected chi connectivity index (χ0v) is 10.3. The lowest BCUT2D eigenvalue weighted by Gasteiger charge is -2.11. The normalized spacial score (nSPS) is 18.5. The first-order valence-electron chi connectivity index (χ1n) is 5.72. The minimum Gasteiger partial charge on any atom is -0.478 e. The molecule has 1 aliphatic rings. The Bertz CT molecular complexity index is 544. The standard InChI is InChI=1S/C12H13N3O4/c1-15-6-7(5-9(15)16)11(17)14-10-8(12(18)19)3-2-4-13-10/h2-4,7H,5-6H2,1H3,(H,18,19)(H,13,14,17). The van der Waals surface area contributed by atoms with Crippen molar-refractivity contribution in [3.8, 4) is 0 Å². The molecule has 1 aliphatic heterocycles. The van der Waals surface area contributed by atoms with Crippen molar-refractivity contribution in [1.82, 2.24) is 9.88 Å². The zero-order valence-electron chi connectivity index (χ0n) is 10.3. The number of nitrogens with one attached hydrogen (secondary N) is 1. The summed E-state index contributed by atoms with van der Waals surface area (Å²) in [4.78, 5) is 39.6. The number of pyridine rings is 1. The van der Waals surface area contributed by atoms with Gasteiger partial charge in [0.2, 0.25) is 11.8 Å². The van der Waals surface area contributed by atoms with E-state index in [0.29, 0.717) is 6.54 Å². The second kappa shape index (κ2) is 5.05. The second-order valence-electron chi connectivity index (χ2n) is 4.37. The van der Waals surface area contributed by atoms with Crippen molar-refractivity contribution in [2.24, 2.45) is 5.92 Å². The van der Waals surface area contributed by atoms with E-state index in [2.05, 4.69) is 10.3 Å². The van der Waals surface area contributed by atoms with Crippen molar-refractivity contribution in [2.75, 3.05) is 18.9 Å². The van der Waals surface area contributed by atoms with E-state index in [4.69, 9.17) is 5.11 Å². The van der Waals surface area contributed by atoms with Crippen molar-refractivity contribution in [1.29, 1.82) is 0 Å². The molecule has 0 saturated carbocycles. The molecular formula is C12H13N3O4. The van der Waals surface area contributed by atoms with Crippen LogP contribution in [0.2, 0.25) is 0 Å². The van der Waals surface area contributed by atoms with Gasteiger partial charge in [-0.05, 0) is 12.1 Å². The molecule has 2 amide bonds. The maximum atomic E-state index is 12.0. The summed E-state index contributed by atoms with van der Waals surface area (Å²) in [7, 11) is 1.62. The van der Waals surface area contributed by atoms with Gasteiger partial charge in [-0.15, -0.1) is 0 Å². The van der Waals surface area contributed by atoms with Crippen LogP contribution in [0.1, 0.15) is 16.8 Å². The molecule has 7 nitrogen and oxygen atoms in total. The number of carbonyl (C=O) groups excluding carboxylic acids is 2. The van der Waals surface area contributed by atoms with Gasteiger partial charge in [-0.1, -0.05) is 0 Å². The number of aromatic nitrogens is 1. The summed E-state index contributed by atoms with van der Waals surface area (Å²) in [5, 5.41) is 11.4. The smallest absolute Gasteiger partial charge is 0.339 e. The van der Waals surface area contributed by atoms with Crippen LogP contribution in [0.5, 0.6) is 0 Å². The predicted molar refractivity (Wildman–Crippen MR) is 65.6 cm³/mol. The first kappa shape index (κ1) is 13.0. The van der Waals surface area contributed by atoms with E-state index in [-0.39, 0.29) is 29.6 Å². The summed E-state index contributed by atoms with van der Waals surface area (Å²) in [6.07, 6.45) is 1.53. The first-order valence-corrected chi connectivity index (χ1v) is 5.72. The average molecular weight is 263 g/mol. The Morgan fingerprint density at radius 1 is 1.53 bits per heavy atom. The number of carboxylic acids is 1. The molecule has 2 rings (SSSR count). The second-order valence-corrected chi connectivity index (χ2v) is 4.37. The van der Waals surface area contributed by atoms with Gasteiger partial charge in [0.15, 0.2) is 0 Å². The molecule has 2 N–H and O–H groups in total. The molecule has 0 radical (unpaired) electrons. The van der Waals surface area contributed by atoms with Gasteiger partial charge in [-0.2, -0.15) is 0 Å². The van der Waals surface area contributed by atoms with E-state index in [1.807, 2.05) is 0 Å². The van der Waals surface area contributed by atoms with E-state index >= 15 is 0 Å². The summed E-state index contributed by atoms with van der Waals surface area (Å²) >= 11 is 0. The van der Waals surface area contributed by atoms with Crippen molar-refractivity contribution < 1.29 is 19.5 Å². The molecule has 2 heterocycles. The number of rotatable bonds is 3. The van der Waals surface area contributed by atoms with Crippen LogP contribution in [0.4, 0.5) is 5.82 Å². The van der Waals surface area contributed by atoms with Crippen LogP contribution in [-0.4, -0.2) is 46.4 Å². The maximum Gasteiger partial charge on any atom is 0.339 e. The molecule has 1 aromatic heterocycles. The molecule has 7 heteroatoms. The molecule has 1 aromatic rings. The zero-order chi connectivity index (χ0) is 14.0. The monoisotopic (exact) mass is 263 g/mol. The molecule has 1 fully saturated rings. The molecule has 0 bridgehead atoms. The highest BCUT2D eigenvalue weighted by Gasteiger charge is 2.32. The number of nitrogens with zero attached hydrogens (tertiary/aromatic N) is 2. The van der Waals surface area contributed by atoms with Gasteiger partial charge < -0.3 is 15.3 Å². The lowest BCUT2D eigenvalue weighted by atomic mass is 10.1. The Morgan fingerprint density at radius 2 is 2.26 bits per heavy atom. The Labute approximate surface area is 109 Å². The number of hydrogen-bond donors (Lipinski definition) is 2. The average Bonchev–Trinajstić information content (AvgIpc) is 2.70. The SMILES string of the molecule is CN1CC(C(=O)Nc2ncccc2C(=O)O)CC1=O. The van der Waals surface area contributed by atoms with Crippen LogP contribution in [0, 0.1) is 5.92 Å². The lowest BCUT2D eigenvalue weighted by molar-refractivity contribution is -0.127. The Kier molecular flexibility index (Phi) is 3.46. The van der Waals surface area contributed by atoms with E-state index in [0.717, 1.165) is 0 Å². The highest BCUT2D eigenvalue weighted by Crippen LogP contribution is 2.19. The van der Waals surface area contributed by atoms with Crippen molar-refractivity contribution in [3.05, 3.63) is 23.9 Å². The third kappa shape index (κ3) is 2.70. The lowest BCUT2D eigenvalue weighted by Crippen LogP contribution is -2.26. The van der Waals surface area contributed by atoms with Crippen LogP contribution in [0.3, 0.4) is 0 Å². The van der Waals surface area contributed by atoms with E-state index in [9.17, 15) is 14.4 Å². The molecule has 100 valence electrons. The van der Waals surface area contributed by atoms with Crippen molar-refractivity contribution >= 4 is 23.6 Å². The van der Waals surface area contributed by atoms with Crippen molar-refractivity contribution in [3.63, 3.8) is 0 Å². The van der Waals surface area contributed by atoms with Gasteiger partial charge in [0, 0.05) is 26.2 Å². The molecule has 0 aliphatic carbocycles. The minimum absolute atomic E-state index is 0.00185. The first-order chi connectivity index (χ1) is 8.99. The van der Waals surface area contributed by atoms with Gasteiger partial charge >= 0.3 is 5.97 Å². The quantitative estimate of drug-likeness (QED) is 0.811. The van der Waals surface area contributed by atoms with Gasteiger partial charge in [0.25, 0.3) is 0 Å². The molecule has 1 saturated heterocycles. The number of aromatic carboxylic acids is 1. The molecule has 19 heavy (non-hydrogen) atoms. The largest absolute Gasteiger partial charge is 0.478 e. The highest BCUT2D eigenvalue weighted by molar-refractivity contribution is 6.01. The molecule has 0 spiro atoms. The number of carbonyl (C=O) groups is 3.